The van der Waals surface area contributed by atoms with E-state index < -0.39 is 22.3 Å². The highest BCUT2D eigenvalue weighted by Gasteiger charge is 2.35. The fraction of sp³-hybridized carbons (Fsp3) is 0.579. The van der Waals surface area contributed by atoms with Crippen LogP contribution in [-0.2, 0) is 21.0 Å². The third-order valence-electron chi connectivity index (χ3n) is 5.97. The van der Waals surface area contributed by atoms with Gasteiger partial charge in [-0.15, -0.1) is 0 Å². The van der Waals surface area contributed by atoms with Crippen molar-refractivity contribution in [3.05, 3.63) is 36.0 Å². The van der Waals surface area contributed by atoms with E-state index in [1.165, 1.54) is 18.9 Å². The first-order valence-electron chi connectivity index (χ1n) is 10.2. The summed E-state index contributed by atoms with van der Waals surface area (Å²) in [5.74, 6) is 0.953. The molecule has 31 heavy (non-hydrogen) atoms. The van der Waals surface area contributed by atoms with Crippen molar-refractivity contribution in [3.63, 3.8) is 0 Å². The molecule has 4 rings (SSSR count). The zero-order valence-electron chi connectivity index (χ0n) is 17.1. The summed E-state index contributed by atoms with van der Waals surface area (Å²) >= 11 is 0. The molecule has 0 amide bonds. The van der Waals surface area contributed by atoms with Crippen molar-refractivity contribution < 1.29 is 22.5 Å². The minimum atomic E-state index is -4.07. The van der Waals surface area contributed by atoms with Gasteiger partial charge in [0, 0.05) is 30.9 Å². The Morgan fingerprint density at radius 2 is 2.13 bits per heavy atom. The van der Waals surface area contributed by atoms with Gasteiger partial charge in [-0.3, -0.25) is 13.7 Å². The van der Waals surface area contributed by atoms with Gasteiger partial charge in [0.05, 0.1) is 18.3 Å². The van der Waals surface area contributed by atoms with Crippen LogP contribution < -0.4 is 10.5 Å². The Balaban J connectivity index is 1.42. The number of aliphatic hydroxyl groups is 1. The summed E-state index contributed by atoms with van der Waals surface area (Å²) in [4.78, 5) is 21.2. The van der Waals surface area contributed by atoms with Gasteiger partial charge in [0.2, 0.25) is 5.78 Å². The summed E-state index contributed by atoms with van der Waals surface area (Å²) in [6.07, 6.45) is 5.78. The number of carbonyl (C=O) groups excluding carboxylic acids is 1. The number of ketones is 1. The van der Waals surface area contributed by atoms with Crippen molar-refractivity contribution in [2.45, 2.75) is 44.9 Å². The Kier molecular flexibility index (Phi) is 6.06. The Morgan fingerprint density at radius 3 is 2.84 bits per heavy atom. The summed E-state index contributed by atoms with van der Waals surface area (Å²) in [6.45, 7) is 2.79. The first kappa shape index (κ1) is 21.8. The standard InChI is InChI=1S/C19H26N6O5S/c1-11-4-12(11)8-25-3-2-16(24-25)18(27)15-7-21-10-22-19(15)23-14-5-13(17(26)6-14)9-30-31(20,28)29/h2-3,7,10-14,17,26H,4-6,8-9H2,1H3,(H2,20,28,29)(H,21,22,23)/t11-,12+,13-,14-,17+/m1/s1. The maximum Gasteiger partial charge on any atom is 0.333 e. The first-order valence-corrected chi connectivity index (χ1v) is 11.7. The van der Waals surface area contributed by atoms with Crippen LogP contribution in [-0.4, -0.2) is 57.8 Å². The molecule has 12 heteroatoms. The van der Waals surface area contributed by atoms with E-state index in [9.17, 15) is 18.3 Å². The van der Waals surface area contributed by atoms with Gasteiger partial charge in [-0.25, -0.2) is 15.1 Å². The van der Waals surface area contributed by atoms with E-state index >= 15 is 0 Å². The fourth-order valence-electron chi connectivity index (χ4n) is 4.00. The average molecular weight is 451 g/mol. The number of hydrogen-bond donors (Lipinski definition) is 3. The van der Waals surface area contributed by atoms with Crippen LogP contribution in [0.1, 0.15) is 42.2 Å². The molecule has 0 radical (unpaired) electrons. The largest absolute Gasteiger partial charge is 0.393 e. The van der Waals surface area contributed by atoms with Crippen molar-refractivity contribution >= 4 is 21.9 Å². The van der Waals surface area contributed by atoms with Crippen LogP contribution in [0.4, 0.5) is 5.82 Å². The molecule has 2 fully saturated rings. The second-order valence-corrected chi connectivity index (χ2v) is 9.65. The number of rotatable bonds is 9. The lowest BCUT2D eigenvalue weighted by atomic mass is 10.1. The van der Waals surface area contributed by atoms with E-state index in [-0.39, 0.29) is 24.0 Å². The molecule has 0 saturated heterocycles. The maximum atomic E-state index is 13.0. The van der Waals surface area contributed by atoms with Gasteiger partial charge in [0.1, 0.15) is 17.8 Å². The highest BCUT2D eigenvalue weighted by molar-refractivity contribution is 7.84. The number of hydrogen-bond acceptors (Lipinski definition) is 9. The van der Waals surface area contributed by atoms with Crippen LogP contribution in [0.3, 0.4) is 0 Å². The summed E-state index contributed by atoms with van der Waals surface area (Å²) in [5, 5.41) is 22.6. The number of nitrogens with zero attached hydrogens (tertiary/aromatic N) is 4. The minimum absolute atomic E-state index is 0.204. The van der Waals surface area contributed by atoms with E-state index in [1.54, 1.807) is 16.9 Å². The molecule has 2 heterocycles. The van der Waals surface area contributed by atoms with E-state index in [1.807, 2.05) is 0 Å². The number of aliphatic hydroxyl groups excluding tert-OH is 1. The van der Waals surface area contributed by atoms with Crippen molar-refractivity contribution in [2.75, 3.05) is 11.9 Å². The molecular formula is C19H26N6O5S. The predicted octanol–water partition coefficient (Wildman–Crippen LogP) is 0.332. The molecule has 0 spiro atoms. The van der Waals surface area contributed by atoms with E-state index in [2.05, 4.69) is 31.5 Å². The third kappa shape index (κ3) is 5.45. The third-order valence-corrected chi connectivity index (χ3v) is 6.44. The zero-order valence-corrected chi connectivity index (χ0v) is 17.9. The monoisotopic (exact) mass is 450 g/mol. The van der Waals surface area contributed by atoms with Gasteiger partial charge in [-0.05, 0) is 37.2 Å². The van der Waals surface area contributed by atoms with Gasteiger partial charge in [-0.2, -0.15) is 13.5 Å². The highest BCUT2D eigenvalue weighted by Crippen LogP contribution is 2.38. The smallest absolute Gasteiger partial charge is 0.333 e. The summed E-state index contributed by atoms with van der Waals surface area (Å²) < 4.78 is 28.4. The quantitative estimate of drug-likeness (QED) is 0.457. The average Bonchev–Trinajstić information content (AvgIpc) is 3.07. The predicted molar refractivity (Wildman–Crippen MR) is 110 cm³/mol. The summed E-state index contributed by atoms with van der Waals surface area (Å²) in [7, 11) is -4.07. The lowest BCUT2D eigenvalue weighted by molar-refractivity contribution is 0.101. The van der Waals surface area contributed by atoms with Crippen LogP contribution >= 0.6 is 0 Å². The Bertz CT molecular complexity index is 1060. The van der Waals surface area contributed by atoms with Gasteiger partial charge in [0.15, 0.2) is 0 Å². The van der Waals surface area contributed by atoms with Crippen LogP contribution in [0.15, 0.2) is 24.8 Å². The van der Waals surface area contributed by atoms with E-state index in [4.69, 9.17) is 5.14 Å². The topological polar surface area (TPSA) is 162 Å². The van der Waals surface area contributed by atoms with Gasteiger partial charge in [-0.1, -0.05) is 6.92 Å². The number of carbonyl (C=O) groups is 1. The Morgan fingerprint density at radius 1 is 1.35 bits per heavy atom. The molecule has 2 saturated carbocycles. The molecule has 168 valence electrons. The summed E-state index contributed by atoms with van der Waals surface area (Å²) in [5.41, 5.74) is 0.600. The van der Waals surface area contributed by atoms with Gasteiger partial charge >= 0.3 is 10.3 Å². The second kappa shape index (κ2) is 8.61. The van der Waals surface area contributed by atoms with Gasteiger partial charge in [0.25, 0.3) is 0 Å². The zero-order chi connectivity index (χ0) is 22.2. The molecule has 5 atom stereocenters. The molecule has 11 nitrogen and oxygen atoms in total. The molecule has 0 aromatic carbocycles. The van der Waals surface area contributed by atoms with Crippen molar-refractivity contribution in [1.82, 2.24) is 19.7 Å². The Labute approximate surface area is 180 Å². The molecule has 2 aliphatic carbocycles. The minimum Gasteiger partial charge on any atom is -0.393 e. The Hall–Kier alpha value is -2.41. The van der Waals surface area contributed by atoms with Crippen LogP contribution in [0, 0.1) is 17.8 Å². The molecule has 2 aliphatic rings. The lowest BCUT2D eigenvalue weighted by Crippen LogP contribution is -2.24. The lowest BCUT2D eigenvalue weighted by Gasteiger charge is -2.15. The molecule has 0 aliphatic heterocycles. The maximum absolute atomic E-state index is 13.0. The van der Waals surface area contributed by atoms with Crippen molar-refractivity contribution in [2.24, 2.45) is 22.9 Å². The van der Waals surface area contributed by atoms with Crippen molar-refractivity contribution in [1.29, 1.82) is 0 Å². The van der Waals surface area contributed by atoms with E-state index in [0.717, 1.165) is 6.54 Å². The molecule has 2 aromatic rings. The van der Waals surface area contributed by atoms with Crippen LogP contribution in [0.5, 0.6) is 0 Å². The molecule has 4 N–H and O–H groups in total. The molecule has 2 aromatic heterocycles. The van der Waals surface area contributed by atoms with Crippen molar-refractivity contribution in [3.8, 4) is 0 Å². The number of nitrogens with two attached hydrogens (primary N) is 1. The normalized spacial score (nSPS) is 27.9. The molecular weight excluding hydrogens is 424 g/mol. The number of anilines is 1. The fourth-order valence-corrected chi connectivity index (χ4v) is 4.37. The van der Waals surface area contributed by atoms with Crippen LogP contribution in [0.25, 0.3) is 0 Å². The molecule has 0 unspecified atom stereocenters. The van der Waals surface area contributed by atoms with E-state index in [0.29, 0.717) is 36.2 Å². The highest BCUT2D eigenvalue weighted by atomic mass is 32.2. The number of aromatic nitrogens is 4. The number of nitrogens with one attached hydrogen (secondary N) is 1. The summed E-state index contributed by atoms with van der Waals surface area (Å²) in [6, 6.07) is 1.46. The first-order chi connectivity index (χ1) is 14.7. The van der Waals surface area contributed by atoms with Crippen LogP contribution in [0.2, 0.25) is 0 Å². The molecule has 0 bridgehead atoms. The van der Waals surface area contributed by atoms with Gasteiger partial charge < -0.3 is 10.4 Å². The SMILES string of the molecule is C[C@@H]1C[C@H]1Cn1ccc(C(=O)c2cncnc2N[C@@H]2C[C@H](COS(N)(=O)=O)[C@@H](O)C2)n1. The second-order valence-electron chi connectivity index (χ2n) is 8.43.